The van der Waals surface area contributed by atoms with Crippen molar-refractivity contribution in [2.24, 2.45) is 11.8 Å². The van der Waals surface area contributed by atoms with Gasteiger partial charge in [-0.15, -0.1) is 0 Å². The summed E-state index contributed by atoms with van der Waals surface area (Å²) in [5.74, 6) is -0.0698. The first kappa shape index (κ1) is 33.0. The number of fused-ring (bicyclic) bond motifs is 1. The van der Waals surface area contributed by atoms with Crippen LogP contribution in [0.3, 0.4) is 0 Å². The Morgan fingerprint density at radius 2 is 1.58 bits per heavy atom. The SMILES string of the molecule is C=C1CNC(c2ccccc2)(C(Oc2nc(OC)cc(OC)n2)C(=O)O)c2ccccc2N1C(=C)CC(=O)O.CC1CCC1C. The van der Waals surface area contributed by atoms with Crippen molar-refractivity contribution in [3.63, 3.8) is 0 Å². The number of aromatic nitrogens is 2. The first-order valence-electron chi connectivity index (χ1n) is 14.7. The first-order valence-corrected chi connectivity index (χ1v) is 14.7. The van der Waals surface area contributed by atoms with Crippen LogP contribution < -0.4 is 24.4 Å². The molecule has 238 valence electrons. The smallest absolute Gasteiger partial charge is 0.347 e. The molecule has 1 saturated carbocycles. The molecule has 4 atom stereocenters. The summed E-state index contributed by atoms with van der Waals surface area (Å²) in [6.45, 7) is 12.8. The third-order valence-corrected chi connectivity index (χ3v) is 8.32. The number of aliphatic carboxylic acids is 2. The van der Waals surface area contributed by atoms with Crippen molar-refractivity contribution in [2.45, 2.75) is 44.8 Å². The van der Waals surface area contributed by atoms with Gasteiger partial charge in [0.05, 0.1) is 32.4 Å². The van der Waals surface area contributed by atoms with E-state index in [9.17, 15) is 19.8 Å². The van der Waals surface area contributed by atoms with Gasteiger partial charge in [0.15, 0.2) is 0 Å². The molecule has 1 fully saturated rings. The lowest BCUT2D eigenvalue weighted by Gasteiger charge is -2.39. The van der Waals surface area contributed by atoms with Crippen LogP contribution in [0.4, 0.5) is 5.69 Å². The van der Waals surface area contributed by atoms with Crippen LogP contribution in [0, 0.1) is 11.8 Å². The second-order valence-corrected chi connectivity index (χ2v) is 11.2. The molecule has 0 spiro atoms. The fourth-order valence-corrected chi connectivity index (χ4v) is 5.49. The number of nitrogens with zero attached hydrogens (tertiary/aromatic N) is 3. The van der Waals surface area contributed by atoms with E-state index in [1.165, 1.54) is 33.1 Å². The number of para-hydroxylation sites is 1. The minimum atomic E-state index is -1.63. The Bertz CT molecular complexity index is 1520. The number of carboxylic acid groups (broad SMARTS) is 2. The molecule has 1 aromatic heterocycles. The van der Waals surface area contributed by atoms with Crippen LogP contribution in [0.1, 0.15) is 44.2 Å². The lowest BCUT2D eigenvalue weighted by Crippen LogP contribution is -2.58. The molecule has 0 bridgehead atoms. The highest BCUT2D eigenvalue weighted by Gasteiger charge is 2.51. The summed E-state index contributed by atoms with van der Waals surface area (Å²) in [5.41, 5.74) is 0.766. The summed E-state index contributed by atoms with van der Waals surface area (Å²) >= 11 is 0. The Hall–Kier alpha value is -4.90. The molecule has 11 nitrogen and oxygen atoms in total. The summed E-state index contributed by atoms with van der Waals surface area (Å²) in [6, 6.07) is 17.1. The quantitative estimate of drug-likeness (QED) is 0.275. The van der Waals surface area contributed by atoms with E-state index in [2.05, 4.69) is 42.3 Å². The average molecular weight is 617 g/mol. The summed E-state index contributed by atoms with van der Waals surface area (Å²) in [6.07, 6.45) is 0.975. The van der Waals surface area contributed by atoms with Gasteiger partial charge in [0.2, 0.25) is 17.9 Å². The molecule has 2 aromatic carbocycles. The first-order chi connectivity index (χ1) is 21.5. The number of rotatable bonds is 10. The molecule has 1 aliphatic heterocycles. The van der Waals surface area contributed by atoms with Gasteiger partial charge in [0.25, 0.3) is 0 Å². The number of carbonyl (C=O) groups is 2. The molecule has 1 aliphatic carbocycles. The van der Waals surface area contributed by atoms with Crippen molar-refractivity contribution >= 4 is 17.6 Å². The van der Waals surface area contributed by atoms with Crippen molar-refractivity contribution in [1.82, 2.24) is 15.3 Å². The van der Waals surface area contributed by atoms with Gasteiger partial charge in [-0.05, 0) is 23.5 Å². The third kappa shape index (κ3) is 7.09. The van der Waals surface area contributed by atoms with Crippen molar-refractivity contribution in [3.05, 3.63) is 96.3 Å². The summed E-state index contributed by atoms with van der Waals surface area (Å²) in [4.78, 5) is 34.6. The molecule has 0 amide bonds. The number of carboxylic acids is 2. The fraction of sp³-hybridized carbons (Fsp3) is 0.353. The molecular weight excluding hydrogens is 576 g/mol. The number of benzene rings is 2. The molecule has 4 unspecified atom stereocenters. The van der Waals surface area contributed by atoms with Crippen molar-refractivity contribution < 1.29 is 34.0 Å². The maximum atomic E-state index is 13.0. The molecule has 2 aliphatic rings. The van der Waals surface area contributed by atoms with Crippen LogP contribution >= 0.6 is 0 Å². The van der Waals surface area contributed by atoms with Gasteiger partial charge in [0.1, 0.15) is 5.54 Å². The van der Waals surface area contributed by atoms with Gasteiger partial charge in [-0.25, -0.2) is 4.79 Å². The zero-order chi connectivity index (χ0) is 32.7. The second kappa shape index (κ2) is 14.3. The lowest BCUT2D eigenvalue weighted by atomic mass is 9.77. The van der Waals surface area contributed by atoms with E-state index in [1.54, 1.807) is 53.4 Å². The van der Waals surface area contributed by atoms with Crippen molar-refractivity contribution in [1.29, 1.82) is 0 Å². The third-order valence-electron chi connectivity index (χ3n) is 8.32. The zero-order valence-corrected chi connectivity index (χ0v) is 26.0. The average Bonchev–Trinajstić information content (AvgIpc) is 3.17. The maximum Gasteiger partial charge on any atom is 0.347 e. The van der Waals surface area contributed by atoms with Crippen LogP contribution in [0.25, 0.3) is 0 Å². The zero-order valence-electron chi connectivity index (χ0n) is 26.0. The molecule has 0 radical (unpaired) electrons. The Kier molecular flexibility index (Phi) is 10.5. The Morgan fingerprint density at radius 1 is 1.00 bits per heavy atom. The van der Waals surface area contributed by atoms with E-state index in [4.69, 9.17) is 14.2 Å². The molecule has 0 saturated heterocycles. The monoisotopic (exact) mass is 616 g/mol. The molecule has 5 rings (SSSR count). The Morgan fingerprint density at radius 3 is 2.09 bits per heavy atom. The molecule has 3 N–H and O–H groups in total. The number of nitrogens with one attached hydrogen (secondary N) is 1. The van der Waals surface area contributed by atoms with Crippen LogP contribution in [-0.2, 0) is 15.1 Å². The van der Waals surface area contributed by atoms with E-state index < -0.39 is 23.6 Å². The van der Waals surface area contributed by atoms with Crippen molar-refractivity contribution in [3.8, 4) is 17.8 Å². The number of methoxy groups -OCH3 is 2. The minimum absolute atomic E-state index is 0.0671. The standard InChI is InChI=1S/C28H28N4O7.C6H12/c1-17(14-24(33)34)32-18(2)16-29-28(19-10-6-5-7-11-19,20-12-8-9-13-21(20)32)25(26(35)36)39-27-30-22(37-3)15-23(31-27)38-4;1-5-3-4-6(5)2/h5-13,15,25,29H,1-2,14,16H2,3-4H3,(H,33,34)(H,35,36);5-6H,3-4H2,1-2H3. The van der Waals surface area contributed by atoms with Gasteiger partial charge in [-0.2, -0.15) is 9.97 Å². The highest BCUT2D eigenvalue weighted by Crippen LogP contribution is 2.44. The van der Waals surface area contributed by atoms with Gasteiger partial charge in [0, 0.05) is 23.5 Å². The van der Waals surface area contributed by atoms with E-state index >= 15 is 0 Å². The Balaban J connectivity index is 0.000000687. The van der Waals surface area contributed by atoms with E-state index in [0.717, 1.165) is 11.8 Å². The number of anilines is 1. The van der Waals surface area contributed by atoms with Gasteiger partial charge >= 0.3 is 17.9 Å². The van der Waals surface area contributed by atoms with Gasteiger partial charge in [-0.3, -0.25) is 10.1 Å². The number of ether oxygens (including phenoxy) is 3. The largest absolute Gasteiger partial charge is 0.481 e. The maximum absolute atomic E-state index is 13.0. The van der Waals surface area contributed by atoms with Crippen LogP contribution in [0.15, 0.2) is 85.2 Å². The summed E-state index contributed by atoms with van der Waals surface area (Å²) in [5, 5.41) is 23.4. The summed E-state index contributed by atoms with van der Waals surface area (Å²) < 4.78 is 16.5. The highest BCUT2D eigenvalue weighted by atomic mass is 16.5. The molecule has 45 heavy (non-hydrogen) atoms. The Labute approximate surface area is 263 Å². The second-order valence-electron chi connectivity index (χ2n) is 11.2. The molecule has 2 heterocycles. The van der Waals surface area contributed by atoms with E-state index in [1.807, 2.05) is 6.07 Å². The summed E-state index contributed by atoms with van der Waals surface area (Å²) in [7, 11) is 2.80. The normalized spacial score (nSPS) is 21.1. The van der Waals surface area contributed by atoms with E-state index in [-0.39, 0.29) is 36.4 Å². The van der Waals surface area contributed by atoms with Crippen LogP contribution in [0.2, 0.25) is 0 Å². The number of hydrogen-bond donors (Lipinski definition) is 3. The fourth-order valence-electron chi connectivity index (χ4n) is 5.49. The topological polar surface area (TPSA) is 143 Å². The van der Waals surface area contributed by atoms with Gasteiger partial charge in [-0.1, -0.05) is 88.4 Å². The predicted molar refractivity (Wildman–Crippen MR) is 169 cm³/mol. The predicted octanol–water partition coefficient (Wildman–Crippen LogP) is 5.23. The number of hydrogen-bond acceptors (Lipinski definition) is 9. The highest BCUT2D eigenvalue weighted by molar-refractivity contribution is 5.80. The van der Waals surface area contributed by atoms with Crippen molar-refractivity contribution in [2.75, 3.05) is 25.7 Å². The molecule has 11 heteroatoms. The van der Waals surface area contributed by atoms with Crippen LogP contribution in [-0.4, -0.2) is 59.0 Å². The molecule has 3 aromatic rings. The van der Waals surface area contributed by atoms with Crippen LogP contribution in [0.5, 0.6) is 17.8 Å². The van der Waals surface area contributed by atoms with E-state index in [0.29, 0.717) is 22.5 Å². The minimum Gasteiger partial charge on any atom is -0.481 e. The van der Waals surface area contributed by atoms with Gasteiger partial charge < -0.3 is 29.3 Å². The molecular formula is C34H40N4O7. The lowest BCUT2D eigenvalue weighted by molar-refractivity contribution is -0.149.